The fraction of sp³-hybridized carbons (Fsp3) is 0.409. The van der Waals surface area contributed by atoms with Gasteiger partial charge in [-0.05, 0) is 30.5 Å². The first-order valence-electron chi connectivity index (χ1n) is 9.52. The van der Waals surface area contributed by atoms with Gasteiger partial charge in [-0.15, -0.1) is 0 Å². The summed E-state index contributed by atoms with van der Waals surface area (Å²) in [6.07, 6.45) is 0. The first-order chi connectivity index (χ1) is 13.2. The quantitative estimate of drug-likeness (QED) is 0.557. The normalized spacial score (nSPS) is 10.2. The number of nitrogens with one attached hydrogen (secondary N) is 1. The molecule has 0 aliphatic carbocycles. The van der Waals surface area contributed by atoms with Crippen molar-refractivity contribution >= 4 is 34.6 Å². The molecule has 0 radical (unpaired) electrons. The third-order valence-electron chi connectivity index (χ3n) is 4.01. The number of hydrogen-bond acceptors (Lipinski definition) is 4. The molecule has 2 rings (SSSR count). The topological polar surface area (TPSA) is 61.8 Å². The van der Waals surface area contributed by atoms with Gasteiger partial charge in [0, 0.05) is 26.2 Å². The van der Waals surface area contributed by atoms with Crippen molar-refractivity contribution in [2.75, 3.05) is 30.9 Å². The minimum atomic E-state index is -0.985. The molecule has 6 heteroatoms. The van der Waals surface area contributed by atoms with Gasteiger partial charge in [-0.1, -0.05) is 45.4 Å². The molecule has 0 aliphatic heterocycles. The summed E-state index contributed by atoms with van der Waals surface area (Å²) in [4.78, 5) is 13.5. The van der Waals surface area contributed by atoms with Crippen molar-refractivity contribution in [2.24, 2.45) is 0 Å². The number of benzene rings is 2. The van der Waals surface area contributed by atoms with Crippen molar-refractivity contribution in [3.63, 3.8) is 0 Å². The molecule has 0 aliphatic rings. The van der Waals surface area contributed by atoms with Crippen LogP contribution in [0.2, 0.25) is 5.02 Å². The van der Waals surface area contributed by atoms with Crippen molar-refractivity contribution in [1.82, 2.24) is 0 Å². The molecule has 0 saturated heterocycles. The smallest absolute Gasteiger partial charge is 0.337 e. The maximum absolute atomic E-state index is 11.6. The van der Waals surface area contributed by atoms with E-state index >= 15 is 0 Å². The lowest BCUT2D eigenvalue weighted by Crippen LogP contribution is -2.13. The number of carboxylic acids is 1. The van der Waals surface area contributed by atoms with Gasteiger partial charge in [0.15, 0.2) is 0 Å². The zero-order valence-electron chi connectivity index (χ0n) is 17.8. The Morgan fingerprint density at radius 3 is 2.32 bits per heavy atom. The fourth-order valence-corrected chi connectivity index (χ4v) is 3.11. The van der Waals surface area contributed by atoms with E-state index in [0.29, 0.717) is 28.8 Å². The number of halogens is 1. The monoisotopic (exact) mass is 406 g/mol. The van der Waals surface area contributed by atoms with E-state index in [-0.39, 0.29) is 11.5 Å². The molecule has 0 bridgehead atoms. The predicted molar refractivity (Wildman–Crippen MR) is 119 cm³/mol. The minimum Gasteiger partial charge on any atom is -0.494 e. The van der Waals surface area contributed by atoms with Crippen LogP contribution in [0.4, 0.5) is 17.1 Å². The standard InChI is InChI=1S/C20H25ClN2O3.C2H6/c1-6-26-14-10-16(21)19(23(4)5)18(11-14)22-17-9-13(12(2)3)7-8-15(17)20(24)25;1-2/h7-12,22H,6H2,1-5H3,(H,24,25);1-2H3. The van der Waals surface area contributed by atoms with Gasteiger partial charge in [0.2, 0.25) is 0 Å². The molecular weight excluding hydrogens is 376 g/mol. The predicted octanol–water partition coefficient (Wildman–Crippen LogP) is 6.40. The van der Waals surface area contributed by atoms with Gasteiger partial charge in [0.1, 0.15) is 5.75 Å². The van der Waals surface area contributed by atoms with Crippen LogP contribution in [0.3, 0.4) is 0 Å². The molecule has 0 amide bonds. The lowest BCUT2D eigenvalue weighted by atomic mass is 10.00. The Kier molecular flexibility index (Phi) is 9.13. The highest BCUT2D eigenvalue weighted by atomic mass is 35.5. The summed E-state index contributed by atoms with van der Waals surface area (Å²) in [6.45, 7) is 10.5. The van der Waals surface area contributed by atoms with E-state index in [1.807, 2.05) is 58.0 Å². The molecule has 2 aromatic carbocycles. The number of ether oxygens (including phenoxy) is 1. The zero-order chi connectivity index (χ0) is 21.4. The van der Waals surface area contributed by atoms with E-state index in [4.69, 9.17) is 16.3 Å². The molecule has 0 atom stereocenters. The summed E-state index contributed by atoms with van der Waals surface area (Å²) >= 11 is 6.44. The molecule has 2 N–H and O–H groups in total. The second-order valence-electron chi connectivity index (χ2n) is 6.52. The Balaban J connectivity index is 0.00000190. The van der Waals surface area contributed by atoms with Crippen LogP contribution in [0.5, 0.6) is 5.75 Å². The van der Waals surface area contributed by atoms with E-state index in [0.717, 1.165) is 11.3 Å². The Labute approximate surface area is 173 Å². The summed E-state index contributed by atoms with van der Waals surface area (Å²) in [6, 6.07) is 8.93. The summed E-state index contributed by atoms with van der Waals surface area (Å²) in [7, 11) is 3.77. The Bertz CT molecular complexity index is 805. The van der Waals surface area contributed by atoms with Gasteiger partial charge in [-0.2, -0.15) is 0 Å². The summed E-state index contributed by atoms with van der Waals surface area (Å²) in [5.74, 6) is -0.0752. The van der Waals surface area contributed by atoms with Crippen LogP contribution in [-0.2, 0) is 0 Å². The van der Waals surface area contributed by atoms with Gasteiger partial charge < -0.3 is 20.1 Å². The van der Waals surface area contributed by atoms with E-state index in [1.54, 1.807) is 12.1 Å². The van der Waals surface area contributed by atoms with Crippen molar-refractivity contribution in [1.29, 1.82) is 0 Å². The molecule has 154 valence electrons. The van der Waals surface area contributed by atoms with Crippen molar-refractivity contribution < 1.29 is 14.6 Å². The Morgan fingerprint density at radius 2 is 1.82 bits per heavy atom. The van der Waals surface area contributed by atoms with Crippen molar-refractivity contribution in [3.05, 3.63) is 46.5 Å². The van der Waals surface area contributed by atoms with E-state index in [2.05, 4.69) is 19.2 Å². The highest BCUT2D eigenvalue weighted by molar-refractivity contribution is 6.34. The van der Waals surface area contributed by atoms with Gasteiger partial charge in [0.25, 0.3) is 0 Å². The number of rotatable bonds is 7. The molecule has 0 saturated carbocycles. The average Bonchev–Trinajstić information content (AvgIpc) is 2.62. The molecule has 0 heterocycles. The molecule has 0 spiro atoms. The van der Waals surface area contributed by atoms with Crippen LogP contribution in [0, 0.1) is 0 Å². The number of nitrogens with zero attached hydrogens (tertiary/aromatic N) is 1. The zero-order valence-corrected chi connectivity index (χ0v) is 18.5. The number of hydrogen-bond donors (Lipinski definition) is 2. The first-order valence-corrected chi connectivity index (χ1v) is 9.90. The van der Waals surface area contributed by atoms with Crippen molar-refractivity contribution in [2.45, 2.75) is 40.5 Å². The third kappa shape index (κ3) is 5.80. The largest absolute Gasteiger partial charge is 0.494 e. The maximum Gasteiger partial charge on any atom is 0.337 e. The summed E-state index contributed by atoms with van der Waals surface area (Å²) in [5, 5.41) is 13.3. The molecule has 5 nitrogen and oxygen atoms in total. The lowest BCUT2D eigenvalue weighted by molar-refractivity contribution is 0.0698. The molecular formula is C22H31ClN2O3. The van der Waals surface area contributed by atoms with E-state index < -0.39 is 5.97 Å². The summed E-state index contributed by atoms with van der Waals surface area (Å²) in [5.41, 5.74) is 3.24. The van der Waals surface area contributed by atoms with Gasteiger partial charge in [-0.3, -0.25) is 0 Å². The van der Waals surface area contributed by atoms with Crippen LogP contribution in [0.25, 0.3) is 0 Å². The Hall–Kier alpha value is -2.40. The fourth-order valence-electron chi connectivity index (χ4n) is 2.73. The van der Waals surface area contributed by atoms with Gasteiger partial charge >= 0.3 is 5.97 Å². The number of carbonyl (C=O) groups is 1. The molecule has 2 aromatic rings. The van der Waals surface area contributed by atoms with E-state index in [9.17, 15) is 9.90 Å². The third-order valence-corrected chi connectivity index (χ3v) is 4.29. The van der Waals surface area contributed by atoms with Crippen molar-refractivity contribution in [3.8, 4) is 5.75 Å². The van der Waals surface area contributed by atoms with E-state index in [1.165, 1.54) is 0 Å². The van der Waals surface area contributed by atoms with Crippen LogP contribution in [-0.4, -0.2) is 31.8 Å². The van der Waals surface area contributed by atoms with Crippen LogP contribution < -0.4 is 15.0 Å². The SMILES string of the molecule is CC.CCOc1cc(Cl)c(N(C)C)c(Nc2cc(C(C)C)ccc2C(=O)O)c1. The van der Waals surface area contributed by atoms with Crippen LogP contribution >= 0.6 is 11.6 Å². The number of anilines is 3. The minimum absolute atomic E-state index is 0.206. The highest BCUT2D eigenvalue weighted by Crippen LogP contribution is 2.39. The van der Waals surface area contributed by atoms with Crippen LogP contribution in [0.1, 0.15) is 56.5 Å². The summed E-state index contributed by atoms with van der Waals surface area (Å²) < 4.78 is 5.58. The molecule has 0 unspecified atom stereocenters. The first kappa shape index (κ1) is 23.6. The number of carboxylic acid groups (broad SMARTS) is 1. The highest BCUT2D eigenvalue weighted by Gasteiger charge is 2.17. The Morgan fingerprint density at radius 1 is 1.18 bits per heavy atom. The lowest BCUT2D eigenvalue weighted by Gasteiger charge is -2.22. The molecule has 0 fully saturated rings. The number of aromatic carboxylic acids is 1. The second-order valence-corrected chi connectivity index (χ2v) is 6.93. The van der Waals surface area contributed by atoms with Gasteiger partial charge in [0.05, 0.1) is 34.3 Å². The van der Waals surface area contributed by atoms with Crippen LogP contribution in [0.15, 0.2) is 30.3 Å². The maximum atomic E-state index is 11.6. The molecule has 0 aromatic heterocycles. The second kappa shape index (κ2) is 10.8. The average molecular weight is 407 g/mol. The van der Waals surface area contributed by atoms with Gasteiger partial charge in [-0.25, -0.2) is 4.79 Å². The molecule has 28 heavy (non-hydrogen) atoms.